The van der Waals surface area contributed by atoms with Crippen molar-refractivity contribution >= 4 is 22.4 Å². The lowest BCUT2D eigenvalue weighted by molar-refractivity contribution is -0.0924. The van der Waals surface area contributed by atoms with Crippen LogP contribution in [-0.2, 0) is 20.3 Å². The lowest BCUT2D eigenvalue weighted by atomic mass is 10.0. The molecular weight excluding hydrogens is 399 g/mol. The Morgan fingerprint density at radius 1 is 0.929 bits per heavy atom. The Kier molecular flexibility index (Phi) is 6.97. The second-order valence-electron chi connectivity index (χ2n) is 6.08. The van der Waals surface area contributed by atoms with E-state index in [2.05, 4.69) is 0 Å². The normalized spacial score (nSPS) is 15.5. The fourth-order valence-corrected chi connectivity index (χ4v) is 4.38. The molecule has 0 heterocycles. The predicted molar refractivity (Wildman–Crippen MR) is 110 cm³/mol. The predicted octanol–water partition coefficient (Wildman–Crippen LogP) is 5.69. The van der Waals surface area contributed by atoms with Crippen LogP contribution >= 0.6 is 11.6 Å². The third kappa shape index (κ3) is 4.67. The van der Waals surface area contributed by atoms with E-state index in [0.29, 0.717) is 5.56 Å². The molecule has 3 rings (SSSR count). The van der Waals surface area contributed by atoms with Crippen LogP contribution in [0.5, 0.6) is 0 Å². The number of hydrogen-bond donors (Lipinski definition) is 0. The number of halogens is 2. The Morgan fingerprint density at radius 3 is 2.04 bits per heavy atom. The van der Waals surface area contributed by atoms with Gasteiger partial charge in [0.1, 0.15) is 23.7 Å². The second-order valence-corrected chi connectivity index (χ2v) is 8.46. The van der Waals surface area contributed by atoms with Crippen LogP contribution in [0, 0.1) is 0 Å². The maximum absolute atomic E-state index is 15.6. The molecule has 3 nitrogen and oxygen atoms in total. The Labute approximate surface area is 171 Å². The third-order valence-corrected chi connectivity index (χ3v) is 6.21. The van der Waals surface area contributed by atoms with E-state index >= 15 is 4.39 Å². The molecule has 0 fully saturated rings. The van der Waals surface area contributed by atoms with Gasteiger partial charge in [-0.1, -0.05) is 84.4 Å². The number of hydrogen-bond acceptors (Lipinski definition) is 3. The molecule has 0 radical (unpaired) electrons. The highest BCUT2D eigenvalue weighted by molar-refractivity contribution is 7.87. The quantitative estimate of drug-likeness (QED) is 0.348. The van der Waals surface area contributed by atoms with Gasteiger partial charge in [-0.3, -0.25) is 0 Å². The third-order valence-electron chi connectivity index (χ3n) is 4.18. The first-order chi connectivity index (χ1) is 13.5. The van der Waals surface area contributed by atoms with E-state index in [0.717, 1.165) is 11.1 Å². The number of alkyl halides is 2. The number of methoxy groups -OCH3 is 1. The van der Waals surface area contributed by atoms with Crippen molar-refractivity contribution in [2.75, 3.05) is 13.9 Å². The summed E-state index contributed by atoms with van der Waals surface area (Å²) >= 11 is 6.17. The van der Waals surface area contributed by atoms with Crippen molar-refractivity contribution in [1.82, 2.24) is 0 Å². The van der Waals surface area contributed by atoms with E-state index in [1.807, 2.05) is 42.5 Å². The maximum atomic E-state index is 15.6. The molecule has 0 bridgehead atoms. The average Bonchev–Trinajstić information content (AvgIpc) is 2.75. The van der Waals surface area contributed by atoms with Gasteiger partial charge in [-0.05, 0) is 28.8 Å². The van der Waals surface area contributed by atoms with Crippen LogP contribution < -0.4 is 0 Å². The largest absolute Gasteiger partial charge is 0.359 e. The molecule has 0 amide bonds. The molecule has 0 spiro atoms. The molecule has 3 aromatic rings. The molecule has 6 heteroatoms. The second kappa shape index (κ2) is 9.43. The minimum atomic E-state index is -2.67. The fraction of sp³-hybridized carbons (Fsp3) is 0.182. The van der Waals surface area contributed by atoms with Gasteiger partial charge in [0.15, 0.2) is 0 Å². The molecular formula is C22H20ClFO3S. The first kappa shape index (κ1) is 20.7. The summed E-state index contributed by atoms with van der Waals surface area (Å²) in [5.74, 6) is 0. The molecule has 0 aliphatic rings. The summed E-state index contributed by atoms with van der Waals surface area (Å²) in [6.07, 6.45) is -1.28. The van der Waals surface area contributed by atoms with E-state index in [4.69, 9.17) is 21.1 Å². The fourth-order valence-electron chi connectivity index (χ4n) is 2.80. The van der Waals surface area contributed by atoms with Crippen LogP contribution in [-0.4, -0.2) is 22.6 Å². The highest BCUT2D eigenvalue weighted by atomic mass is 35.5. The van der Waals surface area contributed by atoms with Crippen LogP contribution in [0.3, 0.4) is 0 Å². The van der Waals surface area contributed by atoms with Crippen molar-refractivity contribution in [3.63, 3.8) is 0 Å². The summed E-state index contributed by atoms with van der Waals surface area (Å²) < 4.78 is 36.1. The van der Waals surface area contributed by atoms with Gasteiger partial charge in [0, 0.05) is 12.0 Å². The van der Waals surface area contributed by atoms with Crippen LogP contribution in [0.1, 0.15) is 11.7 Å². The Bertz CT molecular complexity index is 902. The Hall–Kier alpha value is -2.05. The highest BCUT2D eigenvalue weighted by Crippen LogP contribution is 2.42. The molecule has 0 saturated carbocycles. The van der Waals surface area contributed by atoms with E-state index in [-0.39, 0.29) is 11.7 Å². The van der Waals surface area contributed by atoms with Gasteiger partial charge >= 0.3 is 0 Å². The van der Waals surface area contributed by atoms with Crippen molar-refractivity contribution in [3.8, 4) is 11.1 Å². The summed E-state index contributed by atoms with van der Waals surface area (Å²) in [4.78, 5) is 0.284. The van der Waals surface area contributed by atoms with Gasteiger partial charge in [0.05, 0.1) is 0 Å². The number of ether oxygens (including phenoxy) is 2. The molecule has 146 valence electrons. The average molecular weight is 419 g/mol. The molecule has 0 aliphatic heterocycles. The first-order valence-corrected chi connectivity index (χ1v) is 10.2. The molecule has 3 unspecified atom stereocenters. The van der Waals surface area contributed by atoms with Crippen molar-refractivity contribution in [3.05, 3.63) is 90.5 Å². The number of benzene rings is 3. The van der Waals surface area contributed by atoms with Gasteiger partial charge in [-0.15, -0.1) is 0 Å². The highest BCUT2D eigenvalue weighted by Gasteiger charge is 2.46. The monoisotopic (exact) mass is 418 g/mol. The minimum absolute atomic E-state index is 0.185. The summed E-state index contributed by atoms with van der Waals surface area (Å²) in [5.41, 5.74) is 2.48. The van der Waals surface area contributed by atoms with E-state index in [1.165, 1.54) is 7.11 Å². The van der Waals surface area contributed by atoms with E-state index in [9.17, 15) is 4.21 Å². The molecule has 0 saturated heterocycles. The van der Waals surface area contributed by atoms with Gasteiger partial charge in [0.25, 0.3) is 4.46 Å². The van der Waals surface area contributed by atoms with Gasteiger partial charge in [-0.25, -0.2) is 8.60 Å². The molecule has 3 atom stereocenters. The maximum Gasteiger partial charge on any atom is 0.291 e. The zero-order valence-electron chi connectivity index (χ0n) is 15.3. The smallest absolute Gasteiger partial charge is 0.291 e. The lowest BCUT2D eigenvalue weighted by Crippen LogP contribution is -2.33. The Balaban J connectivity index is 1.92. The first-order valence-electron chi connectivity index (χ1n) is 8.64. The Morgan fingerprint density at radius 2 is 1.46 bits per heavy atom. The molecule has 0 aliphatic carbocycles. The topological polar surface area (TPSA) is 35.5 Å². The summed E-state index contributed by atoms with van der Waals surface area (Å²) in [7, 11) is -0.722. The lowest BCUT2D eigenvalue weighted by Gasteiger charge is -2.28. The van der Waals surface area contributed by atoms with Crippen LogP contribution in [0.4, 0.5) is 4.39 Å². The standard InChI is InChI=1S/C22H20ClFO3S/c1-26-16-27-21(22(23,24)28(25)20-10-6-3-7-11-20)19-14-12-18(13-15-19)17-8-4-2-5-9-17/h2-15,21H,16H2,1H3. The van der Waals surface area contributed by atoms with E-state index < -0.39 is 21.4 Å². The molecule has 0 N–H and O–H groups in total. The van der Waals surface area contributed by atoms with Gasteiger partial charge in [0.2, 0.25) is 0 Å². The minimum Gasteiger partial charge on any atom is -0.359 e. The zero-order valence-corrected chi connectivity index (χ0v) is 16.8. The summed E-state index contributed by atoms with van der Waals surface area (Å²) in [6, 6.07) is 25.2. The molecule has 28 heavy (non-hydrogen) atoms. The van der Waals surface area contributed by atoms with Crippen molar-refractivity contribution < 1.29 is 18.1 Å². The summed E-state index contributed by atoms with van der Waals surface area (Å²) in [6.45, 7) is -0.185. The van der Waals surface area contributed by atoms with Crippen molar-refractivity contribution in [2.45, 2.75) is 15.5 Å². The van der Waals surface area contributed by atoms with Gasteiger partial charge in [-0.2, -0.15) is 0 Å². The van der Waals surface area contributed by atoms with Crippen LogP contribution in [0.2, 0.25) is 0 Å². The van der Waals surface area contributed by atoms with Gasteiger partial charge < -0.3 is 9.47 Å². The van der Waals surface area contributed by atoms with Crippen molar-refractivity contribution in [2.24, 2.45) is 0 Å². The van der Waals surface area contributed by atoms with Crippen LogP contribution in [0.15, 0.2) is 89.8 Å². The SMILES string of the molecule is COCOC(c1ccc(-c2ccccc2)cc1)C(F)(Cl)S(=O)c1ccccc1. The zero-order chi connectivity index (χ0) is 20.0. The van der Waals surface area contributed by atoms with Crippen LogP contribution in [0.25, 0.3) is 11.1 Å². The molecule has 3 aromatic carbocycles. The van der Waals surface area contributed by atoms with Crippen molar-refractivity contribution in [1.29, 1.82) is 0 Å². The summed E-state index contributed by atoms with van der Waals surface area (Å²) in [5, 5.41) is 0. The molecule has 0 aromatic heterocycles. The number of rotatable bonds is 8. The van der Waals surface area contributed by atoms with E-state index in [1.54, 1.807) is 42.5 Å².